The van der Waals surface area contributed by atoms with Gasteiger partial charge in [0.2, 0.25) is 0 Å². The van der Waals surface area contributed by atoms with E-state index in [0.717, 1.165) is 28.4 Å². The lowest BCUT2D eigenvalue weighted by Crippen LogP contribution is -1.88. The second-order valence-electron chi connectivity index (χ2n) is 4.07. The summed E-state index contributed by atoms with van der Waals surface area (Å²) in [7, 11) is 0. The number of thiophene rings is 1. The molecule has 0 saturated carbocycles. The Hall–Kier alpha value is -2.00. The zero-order valence-corrected chi connectivity index (χ0v) is 10.5. The zero-order chi connectivity index (χ0) is 12.4. The van der Waals surface area contributed by atoms with E-state index < -0.39 is 0 Å². The first-order valence-corrected chi connectivity index (χ1v) is 6.62. The molecule has 0 bridgehead atoms. The molecule has 0 radical (unpaired) electrons. The molecule has 0 atom stereocenters. The van der Waals surface area contributed by atoms with Crippen molar-refractivity contribution in [2.75, 3.05) is 0 Å². The number of hydrogen-bond acceptors (Lipinski definition) is 3. The molecule has 18 heavy (non-hydrogen) atoms. The third kappa shape index (κ3) is 2.05. The molecule has 0 amide bonds. The molecule has 0 spiro atoms. The Bertz CT molecular complexity index is 689. The lowest BCUT2D eigenvalue weighted by atomic mass is 10.1. The molecule has 0 unspecified atom stereocenters. The van der Waals surface area contributed by atoms with Crippen LogP contribution in [0.25, 0.3) is 21.5 Å². The van der Waals surface area contributed by atoms with E-state index in [2.05, 4.69) is 17.1 Å². The van der Waals surface area contributed by atoms with Gasteiger partial charge in [-0.25, -0.2) is 4.98 Å². The van der Waals surface area contributed by atoms with Crippen molar-refractivity contribution in [3.8, 4) is 10.6 Å². The summed E-state index contributed by atoms with van der Waals surface area (Å²) in [5, 5.41) is 3.13. The maximum absolute atomic E-state index is 10.5. The van der Waals surface area contributed by atoms with Crippen LogP contribution in [0.15, 0.2) is 47.8 Å². The molecule has 3 rings (SSSR count). The van der Waals surface area contributed by atoms with Crippen molar-refractivity contribution in [1.82, 2.24) is 4.98 Å². The van der Waals surface area contributed by atoms with Crippen molar-refractivity contribution in [2.45, 2.75) is 6.42 Å². The van der Waals surface area contributed by atoms with E-state index in [1.807, 2.05) is 35.7 Å². The number of fused-ring (bicyclic) bond motifs is 1. The Balaban J connectivity index is 2.08. The fourth-order valence-corrected chi connectivity index (χ4v) is 2.66. The number of hydrogen-bond donors (Lipinski definition) is 0. The van der Waals surface area contributed by atoms with Crippen LogP contribution in [0.4, 0.5) is 0 Å². The summed E-state index contributed by atoms with van der Waals surface area (Å²) in [6, 6.07) is 14.1. The van der Waals surface area contributed by atoms with Gasteiger partial charge in [-0.3, -0.25) is 0 Å². The summed E-state index contributed by atoms with van der Waals surface area (Å²) in [5.74, 6) is 0. The molecule has 2 nitrogen and oxygen atoms in total. The highest BCUT2D eigenvalue weighted by atomic mass is 32.1. The topological polar surface area (TPSA) is 30.0 Å². The lowest BCUT2D eigenvalue weighted by Gasteiger charge is -2.02. The van der Waals surface area contributed by atoms with E-state index in [0.29, 0.717) is 6.42 Å². The van der Waals surface area contributed by atoms with Gasteiger partial charge in [-0.15, -0.1) is 11.3 Å². The first-order valence-electron chi connectivity index (χ1n) is 5.74. The lowest BCUT2D eigenvalue weighted by molar-refractivity contribution is -0.107. The van der Waals surface area contributed by atoms with Crippen molar-refractivity contribution in [2.24, 2.45) is 0 Å². The number of aromatic nitrogens is 1. The average Bonchev–Trinajstić information content (AvgIpc) is 2.92. The molecule has 2 aromatic heterocycles. The fourth-order valence-electron chi connectivity index (χ4n) is 1.96. The van der Waals surface area contributed by atoms with Crippen molar-refractivity contribution < 1.29 is 4.79 Å². The predicted octanol–water partition coefficient (Wildman–Crippen LogP) is 3.70. The van der Waals surface area contributed by atoms with E-state index in [9.17, 15) is 4.79 Å². The van der Waals surface area contributed by atoms with Crippen molar-refractivity contribution in [3.05, 3.63) is 53.4 Å². The highest BCUT2D eigenvalue weighted by Gasteiger charge is 2.03. The van der Waals surface area contributed by atoms with Crippen LogP contribution in [0.1, 0.15) is 5.56 Å². The van der Waals surface area contributed by atoms with Crippen molar-refractivity contribution >= 4 is 28.5 Å². The van der Waals surface area contributed by atoms with Gasteiger partial charge in [0.25, 0.3) is 0 Å². The first-order chi connectivity index (χ1) is 8.86. The Morgan fingerprint density at radius 3 is 2.89 bits per heavy atom. The molecule has 0 aliphatic heterocycles. The molecule has 3 aromatic rings. The minimum atomic E-state index is 0.461. The summed E-state index contributed by atoms with van der Waals surface area (Å²) in [4.78, 5) is 16.3. The molecule has 88 valence electrons. The van der Waals surface area contributed by atoms with Gasteiger partial charge >= 0.3 is 0 Å². The number of carbonyl (C=O) groups is 1. The Morgan fingerprint density at radius 1 is 1.17 bits per heavy atom. The van der Waals surface area contributed by atoms with Crippen molar-refractivity contribution in [1.29, 1.82) is 0 Å². The summed E-state index contributed by atoms with van der Waals surface area (Å²) >= 11 is 1.69. The molecule has 0 saturated heterocycles. The van der Waals surface area contributed by atoms with Crippen LogP contribution in [0.3, 0.4) is 0 Å². The number of carbonyl (C=O) groups excluding carboxylic acids is 1. The number of pyridine rings is 1. The van der Waals surface area contributed by atoms with Gasteiger partial charge in [-0.1, -0.05) is 18.2 Å². The number of rotatable bonds is 3. The number of aldehydes is 1. The van der Waals surface area contributed by atoms with E-state index in [-0.39, 0.29) is 0 Å². The monoisotopic (exact) mass is 253 g/mol. The minimum Gasteiger partial charge on any atom is -0.303 e. The smallest absolute Gasteiger partial charge is 0.124 e. The minimum absolute atomic E-state index is 0.461. The quantitative estimate of drug-likeness (QED) is 0.666. The van der Waals surface area contributed by atoms with Crippen LogP contribution in [0, 0.1) is 0 Å². The van der Waals surface area contributed by atoms with Crippen LogP contribution in [-0.4, -0.2) is 11.3 Å². The molecule has 0 N–H and O–H groups in total. The molecular weight excluding hydrogens is 242 g/mol. The van der Waals surface area contributed by atoms with Gasteiger partial charge in [-0.2, -0.15) is 0 Å². The van der Waals surface area contributed by atoms with Gasteiger partial charge < -0.3 is 4.79 Å². The van der Waals surface area contributed by atoms with E-state index >= 15 is 0 Å². The first kappa shape index (κ1) is 11.1. The fraction of sp³-hybridized carbons (Fsp3) is 0.0667. The third-order valence-electron chi connectivity index (χ3n) is 2.85. The largest absolute Gasteiger partial charge is 0.303 e. The molecule has 0 aliphatic carbocycles. The average molecular weight is 253 g/mol. The van der Waals surface area contributed by atoms with Gasteiger partial charge in [0.15, 0.2) is 0 Å². The zero-order valence-electron chi connectivity index (χ0n) is 9.67. The highest BCUT2D eigenvalue weighted by Crippen LogP contribution is 2.25. The molecule has 1 aromatic carbocycles. The Kier molecular flexibility index (Phi) is 2.90. The molecule has 2 heterocycles. The maximum atomic E-state index is 10.5. The highest BCUT2D eigenvalue weighted by molar-refractivity contribution is 7.13. The molecule has 0 fully saturated rings. The Morgan fingerprint density at radius 2 is 2.11 bits per heavy atom. The van der Waals surface area contributed by atoms with Crippen LogP contribution in [0.5, 0.6) is 0 Å². The normalized spacial score (nSPS) is 10.7. The number of benzene rings is 1. The van der Waals surface area contributed by atoms with Gasteiger partial charge in [0.1, 0.15) is 6.29 Å². The van der Waals surface area contributed by atoms with Gasteiger partial charge in [0, 0.05) is 11.8 Å². The third-order valence-corrected chi connectivity index (χ3v) is 3.74. The predicted molar refractivity (Wildman–Crippen MR) is 74.8 cm³/mol. The molecule has 3 heteroatoms. The van der Waals surface area contributed by atoms with Gasteiger partial charge in [0.05, 0.1) is 16.1 Å². The SMILES string of the molecule is O=CCc1ccc2nc(-c3cccs3)ccc2c1. The summed E-state index contributed by atoms with van der Waals surface area (Å²) < 4.78 is 0. The summed E-state index contributed by atoms with van der Waals surface area (Å²) in [6.45, 7) is 0. The van der Waals surface area contributed by atoms with Crippen LogP contribution < -0.4 is 0 Å². The van der Waals surface area contributed by atoms with E-state index in [1.54, 1.807) is 11.3 Å². The van der Waals surface area contributed by atoms with Crippen LogP contribution in [0.2, 0.25) is 0 Å². The summed E-state index contributed by atoms with van der Waals surface area (Å²) in [6.07, 6.45) is 1.39. The van der Waals surface area contributed by atoms with Crippen LogP contribution in [-0.2, 0) is 11.2 Å². The molecule has 0 aliphatic rings. The Labute approximate surface area is 109 Å². The van der Waals surface area contributed by atoms with E-state index in [4.69, 9.17) is 0 Å². The molecular formula is C15H11NOS. The number of nitrogens with zero attached hydrogens (tertiary/aromatic N) is 1. The summed E-state index contributed by atoms with van der Waals surface area (Å²) in [5.41, 5.74) is 3.00. The van der Waals surface area contributed by atoms with E-state index in [1.165, 1.54) is 4.88 Å². The standard InChI is InChI=1S/C15H11NOS/c17-8-7-11-3-5-13-12(10-11)4-6-14(16-13)15-2-1-9-18-15/h1-6,8-10H,7H2. The maximum Gasteiger partial charge on any atom is 0.124 e. The second-order valence-corrected chi connectivity index (χ2v) is 5.02. The second kappa shape index (κ2) is 4.70. The van der Waals surface area contributed by atoms with Gasteiger partial charge in [-0.05, 0) is 35.2 Å². The van der Waals surface area contributed by atoms with Crippen molar-refractivity contribution in [3.63, 3.8) is 0 Å². The van der Waals surface area contributed by atoms with Crippen LogP contribution >= 0.6 is 11.3 Å².